The van der Waals surface area contributed by atoms with Crippen molar-refractivity contribution in [1.82, 2.24) is 5.32 Å². The number of anilines is 1. The Hall–Kier alpha value is -1.55. The van der Waals surface area contributed by atoms with E-state index in [9.17, 15) is 9.59 Å². The zero-order valence-electron chi connectivity index (χ0n) is 12.1. The average Bonchev–Trinajstić information content (AvgIpc) is 2.33. The molecule has 0 heterocycles. The Morgan fingerprint density at radius 2 is 1.95 bits per heavy atom. The van der Waals surface area contributed by atoms with Crippen LogP contribution in [0.5, 0.6) is 0 Å². The number of amides is 2. The number of hydrogen-bond acceptors (Lipinski definition) is 2. The lowest BCUT2D eigenvalue weighted by molar-refractivity contribution is -0.128. The SMILES string of the molecule is CC(C)(C)C(=O)NCCCC(=O)Nc1cccc(Cl)c1. The lowest BCUT2D eigenvalue weighted by atomic mass is 9.96. The average molecular weight is 297 g/mol. The monoisotopic (exact) mass is 296 g/mol. The van der Waals surface area contributed by atoms with Crippen LogP contribution >= 0.6 is 11.6 Å². The Labute approximate surface area is 124 Å². The smallest absolute Gasteiger partial charge is 0.225 e. The van der Waals surface area contributed by atoms with Gasteiger partial charge in [-0.3, -0.25) is 9.59 Å². The van der Waals surface area contributed by atoms with E-state index in [1.54, 1.807) is 24.3 Å². The zero-order valence-corrected chi connectivity index (χ0v) is 12.9. The topological polar surface area (TPSA) is 58.2 Å². The molecule has 0 unspecified atom stereocenters. The van der Waals surface area contributed by atoms with Gasteiger partial charge < -0.3 is 10.6 Å². The minimum absolute atomic E-state index is 0.00671. The summed E-state index contributed by atoms with van der Waals surface area (Å²) in [6.07, 6.45) is 0.963. The lowest BCUT2D eigenvalue weighted by Gasteiger charge is -2.17. The van der Waals surface area contributed by atoms with Crippen LogP contribution in [0.1, 0.15) is 33.6 Å². The van der Waals surface area contributed by atoms with E-state index in [0.717, 1.165) is 0 Å². The third kappa shape index (κ3) is 6.06. The van der Waals surface area contributed by atoms with Gasteiger partial charge in [0, 0.05) is 29.1 Å². The maximum Gasteiger partial charge on any atom is 0.225 e. The van der Waals surface area contributed by atoms with Crippen molar-refractivity contribution in [1.29, 1.82) is 0 Å². The van der Waals surface area contributed by atoms with Crippen molar-refractivity contribution in [2.75, 3.05) is 11.9 Å². The van der Waals surface area contributed by atoms with Crippen LogP contribution in [-0.2, 0) is 9.59 Å². The molecule has 0 aliphatic heterocycles. The van der Waals surface area contributed by atoms with Crippen molar-refractivity contribution in [3.8, 4) is 0 Å². The molecule has 0 spiro atoms. The maximum absolute atomic E-state index is 11.7. The summed E-state index contributed by atoms with van der Waals surface area (Å²) in [5, 5.41) is 6.16. The summed E-state index contributed by atoms with van der Waals surface area (Å²) in [7, 11) is 0. The van der Waals surface area contributed by atoms with E-state index in [1.165, 1.54) is 0 Å². The largest absolute Gasteiger partial charge is 0.356 e. The Morgan fingerprint density at radius 3 is 2.55 bits per heavy atom. The predicted molar refractivity (Wildman–Crippen MR) is 81.8 cm³/mol. The van der Waals surface area contributed by atoms with Gasteiger partial charge >= 0.3 is 0 Å². The molecule has 1 aromatic carbocycles. The first kappa shape index (κ1) is 16.5. The number of carbonyl (C=O) groups is 2. The third-order valence-corrected chi connectivity index (χ3v) is 2.89. The minimum atomic E-state index is -0.400. The zero-order chi connectivity index (χ0) is 15.2. The molecular formula is C15H21ClN2O2. The van der Waals surface area contributed by atoms with Crippen LogP contribution in [0.15, 0.2) is 24.3 Å². The first-order chi connectivity index (χ1) is 9.29. The van der Waals surface area contributed by atoms with Gasteiger partial charge in [-0.25, -0.2) is 0 Å². The van der Waals surface area contributed by atoms with E-state index >= 15 is 0 Å². The fourth-order valence-electron chi connectivity index (χ4n) is 1.51. The first-order valence-corrected chi connectivity index (χ1v) is 7.00. The number of hydrogen-bond donors (Lipinski definition) is 2. The number of rotatable bonds is 5. The van der Waals surface area contributed by atoms with Crippen LogP contribution in [0.2, 0.25) is 5.02 Å². The molecule has 0 bridgehead atoms. The standard InChI is InChI=1S/C15H21ClN2O2/c1-15(2,3)14(20)17-9-5-8-13(19)18-12-7-4-6-11(16)10-12/h4,6-7,10H,5,8-9H2,1-3H3,(H,17,20)(H,18,19). The van der Waals surface area contributed by atoms with Gasteiger partial charge in [0.1, 0.15) is 0 Å². The lowest BCUT2D eigenvalue weighted by Crippen LogP contribution is -2.35. The molecule has 1 aromatic rings. The molecule has 0 aliphatic rings. The molecule has 2 amide bonds. The van der Waals surface area contributed by atoms with Crippen LogP contribution in [0.4, 0.5) is 5.69 Å². The first-order valence-electron chi connectivity index (χ1n) is 6.63. The van der Waals surface area contributed by atoms with Crippen LogP contribution in [0.3, 0.4) is 0 Å². The second-order valence-corrected chi connectivity index (χ2v) is 6.10. The minimum Gasteiger partial charge on any atom is -0.356 e. The van der Waals surface area contributed by atoms with E-state index in [1.807, 2.05) is 20.8 Å². The van der Waals surface area contributed by atoms with Crippen molar-refractivity contribution in [3.63, 3.8) is 0 Å². The number of halogens is 1. The summed E-state index contributed by atoms with van der Waals surface area (Å²) < 4.78 is 0. The van der Waals surface area contributed by atoms with Crippen LogP contribution in [0.25, 0.3) is 0 Å². The number of benzene rings is 1. The van der Waals surface area contributed by atoms with Crippen molar-refractivity contribution >= 4 is 29.1 Å². The van der Waals surface area contributed by atoms with Gasteiger partial charge in [-0.2, -0.15) is 0 Å². The van der Waals surface area contributed by atoms with E-state index < -0.39 is 5.41 Å². The molecule has 0 saturated heterocycles. The predicted octanol–water partition coefficient (Wildman–Crippen LogP) is 3.22. The third-order valence-electron chi connectivity index (χ3n) is 2.66. The van der Waals surface area contributed by atoms with Gasteiger partial charge in [-0.05, 0) is 24.6 Å². The molecule has 110 valence electrons. The molecule has 0 aromatic heterocycles. The highest BCUT2D eigenvalue weighted by Crippen LogP contribution is 2.15. The summed E-state index contributed by atoms with van der Waals surface area (Å²) in [5.41, 5.74) is 0.282. The van der Waals surface area contributed by atoms with Gasteiger partial charge in [-0.15, -0.1) is 0 Å². The number of nitrogens with one attached hydrogen (secondary N) is 2. The van der Waals surface area contributed by atoms with E-state index in [-0.39, 0.29) is 11.8 Å². The van der Waals surface area contributed by atoms with Gasteiger partial charge in [-0.1, -0.05) is 38.4 Å². The van der Waals surface area contributed by atoms with Gasteiger partial charge in [0.2, 0.25) is 11.8 Å². The van der Waals surface area contributed by atoms with Crippen molar-refractivity contribution in [3.05, 3.63) is 29.3 Å². The molecule has 0 radical (unpaired) electrons. The maximum atomic E-state index is 11.7. The molecular weight excluding hydrogens is 276 g/mol. The summed E-state index contributed by atoms with van der Waals surface area (Å²) in [4.78, 5) is 23.3. The Bertz CT molecular complexity index is 481. The quantitative estimate of drug-likeness (QED) is 0.820. The molecule has 2 N–H and O–H groups in total. The number of carbonyl (C=O) groups excluding carboxylic acids is 2. The van der Waals surface area contributed by atoms with Crippen LogP contribution in [-0.4, -0.2) is 18.4 Å². The Balaban J connectivity index is 2.26. The molecule has 0 atom stereocenters. The highest BCUT2D eigenvalue weighted by Gasteiger charge is 2.20. The van der Waals surface area contributed by atoms with E-state index in [2.05, 4.69) is 10.6 Å². The summed E-state index contributed by atoms with van der Waals surface area (Å²) in [6, 6.07) is 7.01. The normalized spacial score (nSPS) is 11.0. The molecule has 20 heavy (non-hydrogen) atoms. The Morgan fingerprint density at radius 1 is 1.25 bits per heavy atom. The molecule has 5 heteroatoms. The van der Waals surface area contributed by atoms with Crippen molar-refractivity contribution in [2.24, 2.45) is 5.41 Å². The summed E-state index contributed by atoms with van der Waals surface area (Å²) >= 11 is 5.83. The van der Waals surface area contributed by atoms with Gasteiger partial charge in [0.15, 0.2) is 0 Å². The van der Waals surface area contributed by atoms with Crippen molar-refractivity contribution < 1.29 is 9.59 Å². The highest BCUT2D eigenvalue weighted by molar-refractivity contribution is 6.30. The van der Waals surface area contributed by atoms with Gasteiger partial charge in [0.05, 0.1) is 0 Å². The fourth-order valence-corrected chi connectivity index (χ4v) is 1.70. The van der Waals surface area contributed by atoms with Crippen LogP contribution < -0.4 is 10.6 Å². The summed E-state index contributed by atoms with van der Waals surface area (Å²) in [5.74, 6) is -0.0926. The van der Waals surface area contributed by atoms with Crippen LogP contribution in [0, 0.1) is 5.41 Å². The van der Waals surface area contributed by atoms with Crippen molar-refractivity contribution in [2.45, 2.75) is 33.6 Å². The second kappa shape index (κ2) is 7.29. The molecule has 4 nitrogen and oxygen atoms in total. The second-order valence-electron chi connectivity index (χ2n) is 5.67. The summed E-state index contributed by atoms with van der Waals surface area (Å²) in [6.45, 7) is 6.07. The molecule has 0 aliphatic carbocycles. The fraction of sp³-hybridized carbons (Fsp3) is 0.467. The Kier molecular flexibility index (Phi) is 6.02. The highest BCUT2D eigenvalue weighted by atomic mass is 35.5. The van der Waals surface area contributed by atoms with Gasteiger partial charge in [0.25, 0.3) is 0 Å². The van der Waals surface area contributed by atoms with E-state index in [0.29, 0.717) is 30.1 Å². The molecule has 1 rings (SSSR count). The molecule has 0 fully saturated rings. The molecule has 0 saturated carbocycles. The van der Waals surface area contributed by atoms with E-state index in [4.69, 9.17) is 11.6 Å².